The molecule has 0 bridgehead atoms. The zero-order valence-corrected chi connectivity index (χ0v) is 12.6. The van der Waals surface area contributed by atoms with Gasteiger partial charge in [0.25, 0.3) is 0 Å². The number of carbonyl (C=O) groups excluding carboxylic acids is 1. The van der Waals surface area contributed by atoms with E-state index in [-0.39, 0.29) is 12.5 Å². The quantitative estimate of drug-likeness (QED) is 0.902. The smallest absolute Gasteiger partial charge is 0.325 e. The predicted molar refractivity (Wildman–Crippen MR) is 79.7 cm³/mol. The van der Waals surface area contributed by atoms with Crippen LogP contribution in [0.1, 0.15) is 25.3 Å². The maximum atomic E-state index is 12.3. The van der Waals surface area contributed by atoms with E-state index >= 15 is 0 Å². The molecule has 22 heavy (non-hydrogen) atoms. The van der Waals surface area contributed by atoms with E-state index in [9.17, 15) is 18.0 Å². The van der Waals surface area contributed by atoms with Gasteiger partial charge >= 0.3 is 6.18 Å². The van der Waals surface area contributed by atoms with Crippen LogP contribution in [0.4, 0.5) is 18.9 Å². The molecule has 0 radical (unpaired) electrons. The summed E-state index contributed by atoms with van der Waals surface area (Å²) >= 11 is 0. The van der Waals surface area contributed by atoms with Crippen LogP contribution < -0.4 is 5.32 Å². The van der Waals surface area contributed by atoms with Crippen molar-refractivity contribution in [3.63, 3.8) is 0 Å². The van der Waals surface area contributed by atoms with Crippen molar-refractivity contribution < 1.29 is 18.0 Å². The normalized spacial score (nSPS) is 19.4. The Hall–Kier alpha value is -1.56. The summed E-state index contributed by atoms with van der Waals surface area (Å²) < 4.78 is 37.0. The number of likely N-dealkylation sites (tertiary alicyclic amines) is 1. The van der Waals surface area contributed by atoms with Crippen molar-refractivity contribution in [1.29, 1.82) is 0 Å². The maximum Gasteiger partial charge on any atom is 0.389 e. The van der Waals surface area contributed by atoms with Crippen LogP contribution in [-0.2, 0) is 11.2 Å². The summed E-state index contributed by atoms with van der Waals surface area (Å²) in [6, 6.07) is 7.58. The second-order valence-corrected chi connectivity index (χ2v) is 5.81. The monoisotopic (exact) mass is 314 g/mol. The van der Waals surface area contributed by atoms with Crippen LogP contribution in [0.15, 0.2) is 24.3 Å². The molecule has 2 rings (SSSR count). The highest BCUT2D eigenvalue weighted by molar-refractivity contribution is 5.92. The van der Waals surface area contributed by atoms with E-state index in [1.54, 1.807) is 4.90 Å². The fraction of sp³-hybridized carbons (Fsp3) is 0.562. The van der Waals surface area contributed by atoms with E-state index in [0.29, 0.717) is 25.2 Å². The van der Waals surface area contributed by atoms with Gasteiger partial charge in [0.2, 0.25) is 5.91 Å². The lowest BCUT2D eigenvalue weighted by Crippen LogP contribution is -2.32. The first-order chi connectivity index (χ1) is 10.4. The molecule has 1 aliphatic heterocycles. The van der Waals surface area contributed by atoms with Crippen LogP contribution >= 0.6 is 0 Å². The lowest BCUT2D eigenvalue weighted by molar-refractivity contribution is -0.143. The van der Waals surface area contributed by atoms with Crippen molar-refractivity contribution in [3.05, 3.63) is 29.8 Å². The highest BCUT2D eigenvalue weighted by atomic mass is 19.4. The molecule has 1 aromatic rings. The lowest BCUT2D eigenvalue weighted by atomic mass is 10.1. The Morgan fingerprint density at radius 3 is 2.59 bits per heavy atom. The molecular weight excluding hydrogens is 293 g/mol. The van der Waals surface area contributed by atoms with Crippen molar-refractivity contribution in [1.82, 2.24) is 4.90 Å². The van der Waals surface area contributed by atoms with E-state index in [0.717, 1.165) is 6.42 Å². The summed E-state index contributed by atoms with van der Waals surface area (Å²) in [5.74, 6) is -0.575. The number of nitrogens with zero attached hydrogens (tertiary/aromatic N) is 1. The van der Waals surface area contributed by atoms with Gasteiger partial charge in [0.15, 0.2) is 0 Å². The fourth-order valence-electron chi connectivity index (χ4n) is 2.78. The van der Waals surface area contributed by atoms with Crippen LogP contribution in [0.2, 0.25) is 0 Å². The van der Waals surface area contributed by atoms with Gasteiger partial charge in [-0.05, 0) is 43.0 Å². The molecule has 1 aromatic carbocycles. The molecule has 122 valence electrons. The second-order valence-electron chi connectivity index (χ2n) is 5.81. The molecule has 1 saturated heterocycles. The molecular formula is C16H21F3N2O. The highest BCUT2D eigenvalue weighted by Gasteiger charge is 2.35. The molecule has 6 heteroatoms. The summed E-state index contributed by atoms with van der Waals surface area (Å²) in [6.45, 7) is 3.08. The Labute approximate surface area is 128 Å². The van der Waals surface area contributed by atoms with Crippen molar-refractivity contribution in [2.75, 3.05) is 25.0 Å². The Kier molecular flexibility index (Phi) is 5.45. The summed E-state index contributed by atoms with van der Waals surface area (Å²) in [7, 11) is 0. The minimum Gasteiger partial charge on any atom is -0.325 e. The maximum absolute atomic E-state index is 12.3. The zero-order valence-electron chi connectivity index (χ0n) is 12.6. The van der Waals surface area contributed by atoms with Crippen LogP contribution in [0.5, 0.6) is 0 Å². The van der Waals surface area contributed by atoms with Crippen molar-refractivity contribution in [2.24, 2.45) is 5.92 Å². The number of alkyl halides is 3. The van der Waals surface area contributed by atoms with Crippen LogP contribution in [-0.4, -0.2) is 36.6 Å². The van der Waals surface area contributed by atoms with Gasteiger partial charge < -0.3 is 5.32 Å². The third-order valence-corrected chi connectivity index (χ3v) is 3.90. The molecule has 0 aromatic heterocycles. The SMILES string of the molecule is CCc1ccc(NC(=O)CN2CCC(CC(F)(F)F)C2)cc1. The third-order valence-electron chi connectivity index (χ3n) is 3.90. The molecule has 0 aliphatic carbocycles. The molecule has 0 saturated carbocycles. The van der Waals surface area contributed by atoms with E-state index in [2.05, 4.69) is 12.2 Å². The molecule has 1 atom stereocenters. The fourth-order valence-corrected chi connectivity index (χ4v) is 2.78. The number of anilines is 1. The minimum atomic E-state index is -4.12. The number of benzene rings is 1. The Morgan fingerprint density at radius 1 is 1.32 bits per heavy atom. The molecule has 1 aliphatic rings. The number of amides is 1. The first kappa shape index (κ1) is 16.8. The zero-order chi connectivity index (χ0) is 16.2. The first-order valence-electron chi connectivity index (χ1n) is 7.53. The predicted octanol–water partition coefficient (Wildman–Crippen LogP) is 3.46. The second kappa shape index (κ2) is 7.13. The molecule has 0 spiro atoms. The van der Waals surface area contributed by atoms with Gasteiger partial charge in [-0.25, -0.2) is 0 Å². The van der Waals surface area contributed by atoms with Crippen molar-refractivity contribution >= 4 is 11.6 Å². The number of carbonyl (C=O) groups is 1. The van der Waals surface area contributed by atoms with Gasteiger partial charge in [-0.1, -0.05) is 19.1 Å². The number of aryl methyl sites for hydroxylation is 1. The third kappa shape index (κ3) is 5.33. The summed E-state index contributed by atoms with van der Waals surface area (Å²) in [5, 5.41) is 2.78. The average molecular weight is 314 g/mol. The summed E-state index contributed by atoms with van der Waals surface area (Å²) in [4.78, 5) is 13.7. The van der Waals surface area contributed by atoms with E-state index in [1.165, 1.54) is 5.56 Å². The van der Waals surface area contributed by atoms with E-state index in [1.807, 2.05) is 24.3 Å². The minimum absolute atomic E-state index is 0.143. The Morgan fingerprint density at radius 2 is 2.00 bits per heavy atom. The first-order valence-corrected chi connectivity index (χ1v) is 7.53. The summed E-state index contributed by atoms with van der Waals surface area (Å²) in [6.07, 6.45) is -3.45. The Bertz CT molecular complexity index is 499. The number of halogens is 3. The van der Waals surface area contributed by atoms with Gasteiger partial charge in [-0.15, -0.1) is 0 Å². The van der Waals surface area contributed by atoms with Gasteiger partial charge in [-0.2, -0.15) is 13.2 Å². The average Bonchev–Trinajstić information content (AvgIpc) is 2.84. The Balaban J connectivity index is 1.77. The van der Waals surface area contributed by atoms with Gasteiger partial charge in [0.05, 0.1) is 6.54 Å². The standard InChI is InChI=1S/C16H21F3N2O/c1-2-12-3-5-14(6-4-12)20-15(22)11-21-8-7-13(10-21)9-16(17,18)19/h3-6,13H,2,7-11H2,1H3,(H,20,22). The molecule has 1 unspecified atom stereocenters. The van der Waals surface area contributed by atoms with E-state index < -0.39 is 18.5 Å². The van der Waals surface area contributed by atoms with Crippen LogP contribution in [0.25, 0.3) is 0 Å². The summed E-state index contributed by atoms with van der Waals surface area (Å²) in [5.41, 5.74) is 1.90. The number of hydrogen-bond donors (Lipinski definition) is 1. The van der Waals surface area contributed by atoms with Gasteiger partial charge in [-0.3, -0.25) is 9.69 Å². The van der Waals surface area contributed by atoms with Crippen LogP contribution in [0.3, 0.4) is 0 Å². The van der Waals surface area contributed by atoms with E-state index in [4.69, 9.17) is 0 Å². The molecule has 1 N–H and O–H groups in total. The van der Waals surface area contributed by atoms with Gasteiger partial charge in [0.1, 0.15) is 0 Å². The molecule has 1 fully saturated rings. The lowest BCUT2D eigenvalue weighted by Gasteiger charge is -2.16. The molecule has 1 heterocycles. The van der Waals surface area contributed by atoms with Crippen LogP contribution in [0, 0.1) is 5.92 Å². The topological polar surface area (TPSA) is 32.3 Å². The number of hydrogen-bond acceptors (Lipinski definition) is 2. The van der Waals surface area contributed by atoms with Crippen molar-refractivity contribution in [2.45, 2.75) is 32.4 Å². The number of nitrogens with one attached hydrogen (secondary N) is 1. The highest BCUT2D eigenvalue weighted by Crippen LogP contribution is 2.30. The number of rotatable bonds is 5. The van der Waals surface area contributed by atoms with Crippen molar-refractivity contribution in [3.8, 4) is 0 Å². The van der Waals surface area contributed by atoms with Gasteiger partial charge in [0, 0.05) is 18.7 Å². The molecule has 3 nitrogen and oxygen atoms in total. The largest absolute Gasteiger partial charge is 0.389 e. The molecule has 1 amide bonds.